The number of benzene rings is 2. The van der Waals surface area contributed by atoms with Gasteiger partial charge in [0.05, 0.1) is 6.33 Å². The van der Waals surface area contributed by atoms with Crippen LogP contribution in [0.5, 0.6) is 0 Å². The third-order valence-electron chi connectivity index (χ3n) is 5.23. The number of carbonyl (C=O) groups excluding carboxylic acids is 1. The molecule has 0 spiro atoms. The van der Waals surface area contributed by atoms with E-state index in [0.717, 1.165) is 12.8 Å². The highest BCUT2D eigenvalue weighted by Gasteiger charge is 2.13. The first-order chi connectivity index (χ1) is 14.5. The van der Waals surface area contributed by atoms with Crippen LogP contribution in [0.1, 0.15) is 25.3 Å². The number of nitrogens with one attached hydrogen (secondary N) is 2. The molecule has 0 radical (unpaired) electrons. The van der Waals surface area contributed by atoms with Gasteiger partial charge in [0.15, 0.2) is 0 Å². The van der Waals surface area contributed by atoms with E-state index in [9.17, 15) is 14.0 Å². The zero-order valence-corrected chi connectivity index (χ0v) is 16.7. The molecule has 0 aliphatic carbocycles. The number of aryl methyl sites for hydroxylation is 2. The second kappa shape index (κ2) is 8.49. The molecule has 0 unspecified atom stereocenters. The molecule has 0 saturated carbocycles. The Kier molecular flexibility index (Phi) is 5.61. The second-order valence-corrected chi connectivity index (χ2v) is 7.52. The molecule has 2 heterocycles. The summed E-state index contributed by atoms with van der Waals surface area (Å²) in [5.41, 5.74) is 2.36. The van der Waals surface area contributed by atoms with Crippen molar-refractivity contribution in [2.45, 2.75) is 38.8 Å². The lowest BCUT2D eigenvalue weighted by molar-refractivity contribution is -0.121. The Morgan fingerprint density at radius 1 is 1.23 bits per heavy atom. The number of nitrogens with zero attached hydrogens (tertiary/aromatic N) is 2. The van der Waals surface area contributed by atoms with E-state index in [0.29, 0.717) is 21.9 Å². The van der Waals surface area contributed by atoms with Crippen molar-refractivity contribution in [3.63, 3.8) is 0 Å². The van der Waals surface area contributed by atoms with E-state index < -0.39 is 0 Å². The zero-order valence-electron chi connectivity index (χ0n) is 16.7. The van der Waals surface area contributed by atoms with E-state index >= 15 is 0 Å². The van der Waals surface area contributed by atoms with Crippen molar-refractivity contribution in [3.8, 4) is 0 Å². The Morgan fingerprint density at radius 2 is 2.03 bits per heavy atom. The highest BCUT2D eigenvalue weighted by Crippen LogP contribution is 2.22. The highest BCUT2D eigenvalue weighted by molar-refractivity contribution is 6.04. The minimum absolute atomic E-state index is 0.0404. The van der Waals surface area contributed by atoms with Gasteiger partial charge in [-0.3, -0.25) is 14.2 Å². The summed E-state index contributed by atoms with van der Waals surface area (Å²) >= 11 is 0. The Hall–Kier alpha value is -3.48. The first-order valence-electron chi connectivity index (χ1n) is 10.0. The Labute approximate surface area is 172 Å². The lowest BCUT2D eigenvalue weighted by Gasteiger charge is -2.14. The van der Waals surface area contributed by atoms with Crippen molar-refractivity contribution in [2.24, 2.45) is 0 Å². The van der Waals surface area contributed by atoms with Crippen molar-refractivity contribution in [3.05, 3.63) is 76.6 Å². The maximum Gasteiger partial charge on any atom is 0.277 e. The number of carbonyl (C=O) groups is 1. The molecule has 4 rings (SSSR count). The monoisotopic (exact) mass is 406 g/mol. The van der Waals surface area contributed by atoms with Gasteiger partial charge in [-0.25, -0.2) is 9.37 Å². The van der Waals surface area contributed by atoms with E-state index in [2.05, 4.69) is 27.4 Å². The Bertz CT molecular complexity index is 1250. The number of aromatic nitrogens is 3. The normalized spacial score (nSPS) is 12.3. The van der Waals surface area contributed by atoms with Crippen LogP contribution in [0.2, 0.25) is 0 Å². The summed E-state index contributed by atoms with van der Waals surface area (Å²) < 4.78 is 14.9. The van der Waals surface area contributed by atoms with Crippen LogP contribution in [0.25, 0.3) is 21.9 Å². The number of aromatic amines is 1. The number of hydrogen-bond donors (Lipinski definition) is 2. The highest BCUT2D eigenvalue weighted by atomic mass is 19.1. The molecule has 1 atom stereocenters. The lowest BCUT2D eigenvalue weighted by atomic mass is 10.1. The molecule has 6 nitrogen and oxygen atoms in total. The number of fused-ring (bicyclic) bond motifs is 3. The van der Waals surface area contributed by atoms with Gasteiger partial charge in [-0.1, -0.05) is 30.3 Å². The summed E-state index contributed by atoms with van der Waals surface area (Å²) in [6, 6.07) is 14.4. The summed E-state index contributed by atoms with van der Waals surface area (Å²) in [7, 11) is 0. The fourth-order valence-electron chi connectivity index (χ4n) is 3.59. The molecular formula is C23H23FN4O2. The fraction of sp³-hybridized carbons (Fsp3) is 0.261. The van der Waals surface area contributed by atoms with Gasteiger partial charge in [-0.2, -0.15) is 0 Å². The van der Waals surface area contributed by atoms with Crippen molar-refractivity contribution in [2.75, 3.05) is 0 Å². The van der Waals surface area contributed by atoms with Crippen LogP contribution in [0.3, 0.4) is 0 Å². The predicted octanol–water partition coefficient (Wildman–Crippen LogP) is 3.54. The molecule has 2 N–H and O–H groups in total. The summed E-state index contributed by atoms with van der Waals surface area (Å²) in [5, 5.41) is 3.55. The molecule has 2 aromatic carbocycles. The van der Waals surface area contributed by atoms with Crippen molar-refractivity contribution in [1.82, 2.24) is 19.9 Å². The van der Waals surface area contributed by atoms with E-state index in [1.54, 1.807) is 6.07 Å². The molecule has 4 aromatic rings. The maximum atomic E-state index is 13.5. The number of amides is 1. The molecule has 0 aliphatic heterocycles. The summed E-state index contributed by atoms with van der Waals surface area (Å²) in [5.74, 6) is -0.492. The van der Waals surface area contributed by atoms with Crippen LogP contribution < -0.4 is 10.9 Å². The number of halogens is 1. The standard InChI is InChI=1S/C23H23FN4O2/c1-15(7-8-16-5-3-2-4-6-16)26-20(29)11-12-28-14-25-21-18-13-17(24)9-10-19(18)27-22(21)23(28)30/h2-6,9-10,13-15,27H,7-8,11-12H2,1H3,(H,26,29)/t15-/m1/s1. The minimum Gasteiger partial charge on any atom is -0.354 e. The van der Waals surface area contributed by atoms with Crippen LogP contribution >= 0.6 is 0 Å². The van der Waals surface area contributed by atoms with Gasteiger partial charge in [0, 0.05) is 29.9 Å². The van der Waals surface area contributed by atoms with Gasteiger partial charge in [-0.15, -0.1) is 0 Å². The molecular weight excluding hydrogens is 383 g/mol. The quantitative estimate of drug-likeness (QED) is 0.493. The lowest BCUT2D eigenvalue weighted by Crippen LogP contribution is -2.34. The number of rotatable bonds is 7. The molecule has 7 heteroatoms. The predicted molar refractivity (Wildman–Crippen MR) is 115 cm³/mol. The zero-order chi connectivity index (χ0) is 21.1. The smallest absolute Gasteiger partial charge is 0.277 e. The first kappa shape index (κ1) is 19.8. The van der Waals surface area contributed by atoms with E-state index in [-0.39, 0.29) is 36.3 Å². The average molecular weight is 406 g/mol. The number of hydrogen-bond acceptors (Lipinski definition) is 3. The number of H-pyrrole nitrogens is 1. The molecule has 0 fully saturated rings. The summed E-state index contributed by atoms with van der Waals surface area (Å²) in [6.07, 6.45) is 3.32. The van der Waals surface area contributed by atoms with Crippen LogP contribution in [0, 0.1) is 5.82 Å². The summed E-state index contributed by atoms with van der Waals surface area (Å²) in [6.45, 7) is 2.20. The fourth-order valence-corrected chi connectivity index (χ4v) is 3.59. The largest absolute Gasteiger partial charge is 0.354 e. The molecule has 0 saturated heterocycles. The topological polar surface area (TPSA) is 79.8 Å². The van der Waals surface area contributed by atoms with E-state index in [1.165, 1.54) is 28.6 Å². The van der Waals surface area contributed by atoms with Crippen molar-refractivity contribution >= 4 is 27.8 Å². The molecule has 0 aliphatic rings. The third kappa shape index (κ3) is 4.25. The van der Waals surface area contributed by atoms with Gasteiger partial charge in [0.1, 0.15) is 16.9 Å². The molecule has 30 heavy (non-hydrogen) atoms. The third-order valence-corrected chi connectivity index (χ3v) is 5.23. The average Bonchev–Trinajstić information content (AvgIpc) is 3.11. The SMILES string of the molecule is C[C@H](CCc1ccccc1)NC(=O)CCn1cnc2c([nH]c3ccc(F)cc32)c1=O. The summed E-state index contributed by atoms with van der Waals surface area (Å²) in [4.78, 5) is 32.3. The molecule has 1 amide bonds. The van der Waals surface area contributed by atoms with Gasteiger partial charge in [0.25, 0.3) is 5.56 Å². The van der Waals surface area contributed by atoms with Gasteiger partial charge < -0.3 is 10.3 Å². The van der Waals surface area contributed by atoms with Crippen LogP contribution in [0.15, 0.2) is 59.7 Å². The van der Waals surface area contributed by atoms with E-state index in [4.69, 9.17) is 0 Å². The van der Waals surface area contributed by atoms with Gasteiger partial charge in [-0.05, 0) is 43.5 Å². The molecule has 2 aromatic heterocycles. The molecule has 154 valence electrons. The van der Waals surface area contributed by atoms with Crippen LogP contribution in [-0.2, 0) is 17.8 Å². The van der Waals surface area contributed by atoms with Crippen LogP contribution in [-0.4, -0.2) is 26.5 Å². The van der Waals surface area contributed by atoms with Crippen molar-refractivity contribution in [1.29, 1.82) is 0 Å². The Balaban J connectivity index is 1.38. The van der Waals surface area contributed by atoms with Gasteiger partial charge >= 0.3 is 0 Å². The van der Waals surface area contributed by atoms with E-state index in [1.807, 2.05) is 25.1 Å². The first-order valence-corrected chi connectivity index (χ1v) is 10.0. The van der Waals surface area contributed by atoms with Crippen LogP contribution in [0.4, 0.5) is 4.39 Å². The van der Waals surface area contributed by atoms with Gasteiger partial charge in [0.2, 0.25) is 5.91 Å². The minimum atomic E-state index is -0.382. The van der Waals surface area contributed by atoms with Crippen molar-refractivity contribution < 1.29 is 9.18 Å². The Morgan fingerprint density at radius 3 is 2.83 bits per heavy atom. The second-order valence-electron chi connectivity index (χ2n) is 7.52. The maximum absolute atomic E-state index is 13.5. The molecule has 0 bridgehead atoms.